The molecule has 1 aromatic carbocycles. The number of hydrogen-bond acceptors (Lipinski definition) is 2. The van der Waals surface area contributed by atoms with Crippen molar-refractivity contribution >= 4 is 0 Å². The van der Waals surface area contributed by atoms with E-state index >= 15 is 0 Å². The molecule has 1 aliphatic heterocycles. The van der Waals surface area contributed by atoms with Crippen LogP contribution >= 0.6 is 0 Å². The molecular weight excluding hydrogens is 234 g/mol. The first-order chi connectivity index (χ1) is 9.05. The lowest BCUT2D eigenvalue weighted by Gasteiger charge is -2.48. The Bertz CT molecular complexity index is 449. The molecule has 0 bridgehead atoms. The third-order valence-corrected chi connectivity index (χ3v) is 4.82. The minimum atomic E-state index is 0.223. The highest BCUT2D eigenvalue weighted by molar-refractivity contribution is 5.42. The number of ether oxygens (including phenoxy) is 1. The Morgan fingerprint density at radius 2 is 1.79 bits per heavy atom. The molecule has 0 saturated carbocycles. The summed E-state index contributed by atoms with van der Waals surface area (Å²) in [6.07, 6.45) is 1.19. The molecule has 2 nitrogen and oxygen atoms in total. The molecule has 2 heteroatoms. The second kappa shape index (κ2) is 5.64. The van der Waals surface area contributed by atoms with E-state index in [1.165, 1.54) is 28.7 Å². The second-order valence-electron chi connectivity index (χ2n) is 6.06. The molecule has 1 heterocycles. The van der Waals surface area contributed by atoms with E-state index in [2.05, 4.69) is 45.1 Å². The third-order valence-electron chi connectivity index (χ3n) is 4.82. The molecule has 19 heavy (non-hydrogen) atoms. The van der Waals surface area contributed by atoms with Crippen LogP contribution in [0.25, 0.3) is 0 Å². The molecule has 0 aliphatic carbocycles. The highest BCUT2D eigenvalue weighted by Gasteiger charge is 2.46. The predicted molar refractivity (Wildman–Crippen MR) is 80.9 cm³/mol. The second-order valence-corrected chi connectivity index (χ2v) is 6.06. The number of hydrogen-bond donors (Lipinski definition) is 1. The molecule has 106 valence electrons. The zero-order chi connectivity index (χ0) is 14.0. The van der Waals surface area contributed by atoms with Gasteiger partial charge in [-0.25, -0.2) is 0 Å². The molecule has 2 rings (SSSR count). The van der Waals surface area contributed by atoms with E-state index < -0.39 is 0 Å². The van der Waals surface area contributed by atoms with E-state index in [0.29, 0.717) is 5.92 Å². The highest BCUT2D eigenvalue weighted by Crippen LogP contribution is 2.43. The van der Waals surface area contributed by atoms with Crippen LogP contribution in [-0.4, -0.2) is 26.8 Å². The number of rotatable bonds is 5. The van der Waals surface area contributed by atoms with Gasteiger partial charge in [-0.05, 0) is 62.5 Å². The van der Waals surface area contributed by atoms with E-state index in [1.54, 1.807) is 0 Å². The van der Waals surface area contributed by atoms with E-state index in [9.17, 15) is 0 Å². The van der Waals surface area contributed by atoms with Crippen LogP contribution in [0.15, 0.2) is 12.1 Å². The maximum atomic E-state index is 5.62. The average Bonchev–Trinajstić information content (AvgIpc) is 2.32. The average molecular weight is 261 g/mol. The summed E-state index contributed by atoms with van der Waals surface area (Å²) in [5.74, 6) is 0.645. The minimum Gasteiger partial charge on any atom is -0.379 e. The van der Waals surface area contributed by atoms with Gasteiger partial charge in [0.1, 0.15) is 0 Å². The van der Waals surface area contributed by atoms with Gasteiger partial charge in [0.2, 0.25) is 0 Å². The quantitative estimate of drug-likeness (QED) is 0.879. The van der Waals surface area contributed by atoms with Gasteiger partial charge in [-0.1, -0.05) is 25.5 Å². The van der Waals surface area contributed by atoms with E-state index in [1.807, 2.05) is 7.05 Å². The highest BCUT2D eigenvalue weighted by atomic mass is 16.5. The van der Waals surface area contributed by atoms with Crippen LogP contribution in [0.3, 0.4) is 0 Å². The van der Waals surface area contributed by atoms with Crippen LogP contribution in [0.2, 0.25) is 0 Å². The standard InChI is InChI=1S/C17H27NO/c1-6-15(9-18-5)17(10-19-11-17)16-8-13(3)12(2)7-14(16)4/h7-8,15,18H,6,9-11H2,1-5H3. The van der Waals surface area contributed by atoms with E-state index in [0.717, 1.165) is 19.8 Å². The summed E-state index contributed by atoms with van der Waals surface area (Å²) in [7, 11) is 2.04. The largest absolute Gasteiger partial charge is 0.379 e. The maximum Gasteiger partial charge on any atom is 0.0588 e. The van der Waals surface area contributed by atoms with Crippen molar-refractivity contribution < 1.29 is 4.74 Å². The zero-order valence-electron chi connectivity index (χ0n) is 13.0. The molecule has 1 aromatic rings. The van der Waals surface area contributed by atoms with Crippen molar-refractivity contribution in [2.45, 2.75) is 39.5 Å². The van der Waals surface area contributed by atoms with Crippen LogP contribution in [0.4, 0.5) is 0 Å². The van der Waals surface area contributed by atoms with Gasteiger partial charge in [0.15, 0.2) is 0 Å². The summed E-state index contributed by atoms with van der Waals surface area (Å²) in [6, 6.07) is 4.72. The van der Waals surface area contributed by atoms with Gasteiger partial charge >= 0.3 is 0 Å². The van der Waals surface area contributed by atoms with Gasteiger partial charge in [-0.15, -0.1) is 0 Å². The molecule has 1 atom stereocenters. The summed E-state index contributed by atoms with van der Waals surface area (Å²) in [6.45, 7) is 11.7. The van der Waals surface area contributed by atoms with Crippen molar-refractivity contribution in [3.8, 4) is 0 Å². The topological polar surface area (TPSA) is 21.3 Å². The molecule has 1 N–H and O–H groups in total. The summed E-state index contributed by atoms with van der Waals surface area (Å²) in [5, 5.41) is 3.35. The Morgan fingerprint density at radius 1 is 1.16 bits per heavy atom. The SMILES string of the molecule is CCC(CNC)C1(c2cc(C)c(C)cc2C)COC1. The number of aryl methyl sites for hydroxylation is 3. The lowest BCUT2D eigenvalue weighted by molar-refractivity contribution is -0.0913. The Kier molecular flexibility index (Phi) is 4.32. The molecule has 0 aromatic heterocycles. The Labute approximate surface area is 117 Å². The Morgan fingerprint density at radius 3 is 2.26 bits per heavy atom. The molecule has 1 unspecified atom stereocenters. The molecule has 1 fully saturated rings. The lowest BCUT2D eigenvalue weighted by Crippen LogP contribution is -2.55. The Hall–Kier alpha value is -0.860. The van der Waals surface area contributed by atoms with E-state index in [4.69, 9.17) is 4.74 Å². The first-order valence-electron chi connectivity index (χ1n) is 7.35. The normalized spacial score (nSPS) is 19.0. The van der Waals surface area contributed by atoms with Gasteiger partial charge in [0.25, 0.3) is 0 Å². The van der Waals surface area contributed by atoms with Crippen molar-refractivity contribution in [2.75, 3.05) is 26.8 Å². The third kappa shape index (κ3) is 2.44. The van der Waals surface area contributed by atoms with Crippen LogP contribution in [0, 0.1) is 26.7 Å². The van der Waals surface area contributed by atoms with Crippen molar-refractivity contribution in [2.24, 2.45) is 5.92 Å². The van der Waals surface area contributed by atoms with Crippen LogP contribution < -0.4 is 5.32 Å². The predicted octanol–water partition coefficient (Wildman–Crippen LogP) is 3.13. The molecule has 0 amide bonds. The van der Waals surface area contributed by atoms with Crippen molar-refractivity contribution in [1.29, 1.82) is 0 Å². The van der Waals surface area contributed by atoms with Gasteiger partial charge < -0.3 is 10.1 Å². The smallest absolute Gasteiger partial charge is 0.0588 e. The fraction of sp³-hybridized carbons (Fsp3) is 0.647. The van der Waals surface area contributed by atoms with Crippen molar-refractivity contribution in [3.05, 3.63) is 34.4 Å². The fourth-order valence-electron chi connectivity index (χ4n) is 3.41. The number of benzene rings is 1. The number of nitrogens with one attached hydrogen (secondary N) is 1. The molecule has 0 radical (unpaired) electrons. The summed E-state index contributed by atoms with van der Waals surface area (Å²) in [4.78, 5) is 0. The van der Waals surface area contributed by atoms with Crippen LogP contribution in [0.1, 0.15) is 35.6 Å². The fourth-order valence-corrected chi connectivity index (χ4v) is 3.41. The van der Waals surface area contributed by atoms with Crippen LogP contribution in [0.5, 0.6) is 0 Å². The first-order valence-corrected chi connectivity index (χ1v) is 7.35. The van der Waals surface area contributed by atoms with E-state index in [-0.39, 0.29) is 5.41 Å². The van der Waals surface area contributed by atoms with Gasteiger partial charge in [0.05, 0.1) is 13.2 Å². The monoisotopic (exact) mass is 261 g/mol. The lowest BCUT2D eigenvalue weighted by atomic mass is 9.66. The molecular formula is C17H27NO. The van der Waals surface area contributed by atoms with Crippen molar-refractivity contribution in [1.82, 2.24) is 5.32 Å². The summed E-state index contributed by atoms with van der Waals surface area (Å²) >= 11 is 0. The molecule has 1 saturated heterocycles. The summed E-state index contributed by atoms with van der Waals surface area (Å²) in [5.41, 5.74) is 5.93. The summed E-state index contributed by atoms with van der Waals surface area (Å²) < 4.78 is 5.62. The first kappa shape index (κ1) is 14.5. The zero-order valence-corrected chi connectivity index (χ0v) is 13.0. The van der Waals surface area contributed by atoms with Crippen molar-refractivity contribution in [3.63, 3.8) is 0 Å². The van der Waals surface area contributed by atoms with Crippen LogP contribution in [-0.2, 0) is 10.2 Å². The van der Waals surface area contributed by atoms with Gasteiger partial charge in [-0.2, -0.15) is 0 Å². The maximum absolute atomic E-state index is 5.62. The minimum absolute atomic E-state index is 0.223. The molecule has 1 aliphatic rings. The van der Waals surface area contributed by atoms with Gasteiger partial charge in [-0.3, -0.25) is 0 Å². The Balaban J connectivity index is 2.43. The molecule has 0 spiro atoms. The van der Waals surface area contributed by atoms with Gasteiger partial charge in [0, 0.05) is 5.41 Å².